The molecule has 0 atom stereocenters. The third-order valence-corrected chi connectivity index (χ3v) is 4.14. The summed E-state index contributed by atoms with van der Waals surface area (Å²) >= 11 is 1.71. The van der Waals surface area contributed by atoms with Crippen LogP contribution < -0.4 is 10.5 Å². The summed E-state index contributed by atoms with van der Waals surface area (Å²) in [4.78, 5) is 1.34. The minimum absolute atomic E-state index is 0.547. The molecule has 3 rings (SSSR count). The number of hydrogen-bond donors (Lipinski definition) is 2. The lowest BCUT2D eigenvalue weighted by Crippen LogP contribution is -2.12. The molecule has 3 heteroatoms. The maximum Gasteiger partial charge on any atom is 0.0331 e. The molecule has 1 aliphatic carbocycles. The molecule has 0 saturated carbocycles. The Morgan fingerprint density at radius 2 is 2.24 bits per heavy atom. The van der Waals surface area contributed by atoms with Gasteiger partial charge in [-0.2, -0.15) is 0 Å². The van der Waals surface area contributed by atoms with Crippen molar-refractivity contribution in [3.8, 4) is 0 Å². The van der Waals surface area contributed by atoms with Crippen LogP contribution in [0.5, 0.6) is 0 Å². The highest BCUT2D eigenvalue weighted by molar-refractivity contribution is 7.97. The average Bonchev–Trinajstić information content (AvgIpc) is 2.70. The minimum Gasteiger partial charge on any atom is -0.399 e. The number of benzene rings is 1. The maximum absolute atomic E-state index is 5.64. The van der Waals surface area contributed by atoms with Gasteiger partial charge in [0.15, 0.2) is 0 Å². The molecule has 2 nitrogen and oxygen atoms in total. The highest BCUT2D eigenvalue weighted by atomic mass is 32.2. The van der Waals surface area contributed by atoms with Crippen molar-refractivity contribution in [1.29, 1.82) is 0 Å². The molecule has 3 N–H and O–H groups in total. The zero-order chi connectivity index (χ0) is 12.0. The molecule has 0 spiro atoms. The predicted octanol–water partition coefficient (Wildman–Crippen LogP) is 2.77. The van der Waals surface area contributed by atoms with Crippen molar-refractivity contribution in [2.24, 2.45) is 5.73 Å². The Hall–Kier alpha value is -1.45. The third-order valence-electron chi connectivity index (χ3n) is 3.25. The molecule has 0 aromatic heterocycles. The summed E-state index contributed by atoms with van der Waals surface area (Å²) in [6, 6.07) is 4.41. The van der Waals surface area contributed by atoms with Crippen molar-refractivity contribution in [1.82, 2.24) is 4.72 Å². The Balaban J connectivity index is 2.03. The van der Waals surface area contributed by atoms with Crippen molar-refractivity contribution >= 4 is 17.5 Å². The average molecular weight is 242 g/mol. The molecule has 0 unspecified atom stereocenters. The summed E-state index contributed by atoms with van der Waals surface area (Å²) in [5, 5.41) is 0. The van der Waals surface area contributed by atoms with E-state index in [9.17, 15) is 0 Å². The Morgan fingerprint density at radius 1 is 1.41 bits per heavy atom. The Labute approximate surface area is 105 Å². The van der Waals surface area contributed by atoms with Crippen molar-refractivity contribution in [2.45, 2.75) is 17.9 Å². The van der Waals surface area contributed by atoms with Crippen LogP contribution in [0.15, 0.2) is 47.5 Å². The first-order valence-corrected chi connectivity index (χ1v) is 6.37. The third kappa shape index (κ3) is 1.63. The van der Waals surface area contributed by atoms with Gasteiger partial charge in [0, 0.05) is 17.1 Å². The van der Waals surface area contributed by atoms with Gasteiger partial charge >= 0.3 is 0 Å². The van der Waals surface area contributed by atoms with E-state index in [0.29, 0.717) is 5.70 Å². The highest BCUT2D eigenvalue weighted by Gasteiger charge is 2.27. The van der Waals surface area contributed by atoms with E-state index in [1.807, 2.05) is 0 Å². The van der Waals surface area contributed by atoms with E-state index in [1.165, 1.54) is 27.2 Å². The first-order chi connectivity index (χ1) is 8.16. The van der Waals surface area contributed by atoms with Gasteiger partial charge < -0.3 is 5.73 Å². The second-order valence-corrected chi connectivity index (χ2v) is 5.33. The van der Waals surface area contributed by atoms with Crippen molar-refractivity contribution in [2.75, 3.05) is 0 Å². The van der Waals surface area contributed by atoms with Crippen LogP contribution in [0.4, 0.5) is 0 Å². The SMILES string of the molecule is C=C(N)C(=C)/C=C1\Cc2ccc3c(c21)CNS3. The summed E-state index contributed by atoms with van der Waals surface area (Å²) in [7, 11) is 0. The second-order valence-electron chi connectivity index (χ2n) is 4.40. The summed E-state index contributed by atoms with van der Waals surface area (Å²) in [5.74, 6) is 0. The van der Waals surface area contributed by atoms with E-state index in [2.05, 4.69) is 36.1 Å². The van der Waals surface area contributed by atoms with Gasteiger partial charge in [-0.3, -0.25) is 4.72 Å². The molecular formula is C14H14N2S. The smallest absolute Gasteiger partial charge is 0.0331 e. The van der Waals surface area contributed by atoms with Crippen LogP contribution in [0, 0.1) is 0 Å². The largest absolute Gasteiger partial charge is 0.399 e. The van der Waals surface area contributed by atoms with Crippen LogP contribution in [0.3, 0.4) is 0 Å². The summed E-state index contributed by atoms with van der Waals surface area (Å²) < 4.78 is 3.31. The molecule has 0 radical (unpaired) electrons. The van der Waals surface area contributed by atoms with Crippen LogP contribution in [-0.4, -0.2) is 0 Å². The molecule has 86 valence electrons. The number of hydrogen-bond acceptors (Lipinski definition) is 3. The van der Waals surface area contributed by atoms with Crippen LogP contribution >= 0.6 is 11.9 Å². The second kappa shape index (κ2) is 3.79. The van der Waals surface area contributed by atoms with Crippen molar-refractivity contribution < 1.29 is 0 Å². The van der Waals surface area contributed by atoms with E-state index in [0.717, 1.165) is 18.5 Å². The topological polar surface area (TPSA) is 38.0 Å². The Kier molecular flexibility index (Phi) is 2.38. The maximum atomic E-state index is 5.64. The van der Waals surface area contributed by atoms with E-state index >= 15 is 0 Å². The molecule has 1 aliphatic heterocycles. The normalized spacial score (nSPS) is 18.5. The fourth-order valence-electron chi connectivity index (χ4n) is 2.29. The van der Waals surface area contributed by atoms with Gasteiger partial charge in [0.2, 0.25) is 0 Å². The van der Waals surface area contributed by atoms with Crippen LogP contribution in [0.1, 0.15) is 16.7 Å². The van der Waals surface area contributed by atoms with Gasteiger partial charge in [-0.15, -0.1) is 0 Å². The van der Waals surface area contributed by atoms with Gasteiger partial charge in [0.25, 0.3) is 0 Å². The van der Waals surface area contributed by atoms with Crippen molar-refractivity contribution in [3.63, 3.8) is 0 Å². The minimum atomic E-state index is 0.547. The summed E-state index contributed by atoms with van der Waals surface area (Å²) in [6.45, 7) is 8.57. The lowest BCUT2D eigenvalue weighted by atomic mass is 9.79. The number of nitrogens with two attached hydrogens (primary N) is 1. The lowest BCUT2D eigenvalue weighted by molar-refractivity contribution is 0.961. The van der Waals surface area contributed by atoms with Gasteiger partial charge in [-0.1, -0.05) is 19.2 Å². The summed E-state index contributed by atoms with van der Waals surface area (Å²) in [6.07, 6.45) is 3.08. The van der Waals surface area contributed by atoms with E-state index in [-0.39, 0.29) is 0 Å². The van der Waals surface area contributed by atoms with Gasteiger partial charge in [0.1, 0.15) is 0 Å². The van der Waals surface area contributed by atoms with Crippen LogP contribution in [0.25, 0.3) is 5.57 Å². The first-order valence-electron chi connectivity index (χ1n) is 5.56. The fourth-order valence-corrected chi connectivity index (χ4v) is 3.10. The lowest BCUT2D eigenvalue weighted by Gasteiger charge is -2.26. The molecule has 17 heavy (non-hydrogen) atoms. The van der Waals surface area contributed by atoms with E-state index < -0.39 is 0 Å². The number of fused-ring (bicyclic) bond motifs is 3. The predicted molar refractivity (Wildman–Crippen MR) is 73.3 cm³/mol. The molecule has 0 amide bonds. The molecule has 0 fully saturated rings. The molecule has 1 aromatic carbocycles. The van der Waals surface area contributed by atoms with Crippen molar-refractivity contribution in [3.05, 3.63) is 59.3 Å². The monoisotopic (exact) mass is 242 g/mol. The Morgan fingerprint density at radius 3 is 3.00 bits per heavy atom. The Bertz CT molecular complexity index is 570. The molecule has 0 bridgehead atoms. The summed E-state index contributed by atoms with van der Waals surface area (Å²) in [5.41, 5.74) is 12.6. The number of allylic oxidation sites excluding steroid dienone is 2. The van der Waals surface area contributed by atoms with Crippen LogP contribution in [-0.2, 0) is 13.0 Å². The fraction of sp³-hybridized carbons (Fsp3) is 0.143. The quantitative estimate of drug-likeness (QED) is 0.618. The molecule has 2 aliphatic rings. The standard InChI is InChI=1S/C14H14N2S/c1-8(9(2)15)5-11-6-10-3-4-13-12(14(10)11)7-16-17-13/h3-5,16H,1-2,6-7,15H2/b11-5+. The van der Waals surface area contributed by atoms with Crippen LogP contribution in [0.2, 0.25) is 0 Å². The van der Waals surface area contributed by atoms with E-state index in [4.69, 9.17) is 5.73 Å². The van der Waals surface area contributed by atoms with Gasteiger partial charge in [0.05, 0.1) is 0 Å². The molecule has 0 saturated heterocycles. The van der Waals surface area contributed by atoms with Gasteiger partial charge in [-0.25, -0.2) is 0 Å². The van der Waals surface area contributed by atoms with Gasteiger partial charge in [-0.05, 0) is 58.3 Å². The highest BCUT2D eigenvalue weighted by Crippen LogP contribution is 2.43. The van der Waals surface area contributed by atoms with E-state index in [1.54, 1.807) is 11.9 Å². The zero-order valence-electron chi connectivity index (χ0n) is 9.55. The number of nitrogens with one attached hydrogen (secondary N) is 1. The number of rotatable bonds is 2. The first kappa shape index (κ1) is 10.7. The zero-order valence-corrected chi connectivity index (χ0v) is 10.4. The molecular weight excluding hydrogens is 228 g/mol. The molecule has 1 heterocycles. The molecule has 1 aromatic rings.